The van der Waals surface area contributed by atoms with Crippen LogP contribution in [0.5, 0.6) is 5.75 Å². The molecule has 2 atom stereocenters. The van der Waals surface area contributed by atoms with Crippen LogP contribution in [0.4, 0.5) is 0 Å². The number of methoxy groups -OCH3 is 1. The second kappa shape index (κ2) is 7.46. The van der Waals surface area contributed by atoms with Crippen molar-refractivity contribution in [2.45, 2.75) is 33.1 Å². The van der Waals surface area contributed by atoms with Crippen LogP contribution in [0.2, 0.25) is 0 Å². The highest BCUT2D eigenvalue weighted by molar-refractivity contribution is 9.10. The van der Waals surface area contributed by atoms with Gasteiger partial charge in [0.2, 0.25) is 0 Å². The molecular formula is C17H26BrNO. The molecule has 3 heteroatoms. The minimum absolute atomic E-state index is 0.737. The maximum Gasteiger partial charge on any atom is 0.119 e. The van der Waals surface area contributed by atoms with Gasteiger partial charge in [0.25, 0.3) is 0 Å². The monoisotopic (exact) mass is 339 g/mol. The zero-order valence-electron chi connectivity index (χ0n) is 12.8. The molecule has 2 nitrogen and oxygen atoms in total. The van der Waals surface area contributed by atoms with Crippen LogP contribution in [-0.2, 0) is 6.42 Å². The minimum atomic E-state index is 0.737. The van der Waals surface area contributed by atoms with Gasteiger partial charge in [-0.2, -0.15) is 0 Å². The Morgan fingerprint density at radius 3 is 2.65 bits per heavy atom. The smallest absolute Gasteiger partial charge is 0.119 e. The molecule has 2 rings (SSSR count). The minimum Gasteiger partial charge on any atom is -0.497 e. The quantitative estimate of drug-likeness (QED) is 0.800. The van der Waals surface area contributed by atoms with E-state index in [4.69, 9.17) is 4.74 Å². The zero-order valence-corrected chi connectivity index (χ0v) is 14.4. The molecular weight excluding hydrogens is 314 g/mol. The van der Waals surface area contributed by atoms with Crippen molar-refractivity contribution in [3.05, 3.63) is 28.2 Å². The fraction of sp³-hybridized carbons (Fsp3) is 0.647. The number of rotatable bonds is 7. The van der Waals surface area contributed by atoms with Crippen molar-refractivity contribution in [3.63, 3.8) is 0 Å². The maximum atomic E-state index is 5.33. The summed E-state index contributed by atoms with van der Waals surface area (Å²) in [4.78, 5) is 0. The zero-order chi connectivity index (χ0) is 14.5. The molecule has 20 heavy (non-hydrogen) atoms. The number of ether oxygens (including phenoxy) is 1. The van der Waals surface area contributed by atoms with Gasteiger partial charge in [0, 0.05) is 4.47 Å². The second-order valence-corrected chi connectivity index (χ2v) is 7.17. The van der Waals surface area contributed by atoms with Gasteiger partial charge in [0.05, 0.1) is 7.11 Å². The summed E-state index contributed by atoms with van der Waals surface area (Å²) in [5, 5.41) is 3.60. The number of benzene rings is 1. The topological polar surface area (TPSA) is 21.3 Å². The summed E-state index contributed by atoms with van der Waals surface area (Å²) >= 11 is 3.66. The molecule has 1 N–H and O–H groups in total. The van der Waals surface area contributed by atoms with Gasteiger partial charge in [-0.25, -0.2) is 0 Å². The van der Waals surface area contributed by atoms with Crippen LogP contribution in [0.3, 0.4) is 0 Å². The molecule has 0 aromatic heterocycles. The Bertz CT molecular complexity index is 433. The highest BCUT2D eigenvalue weighted by Gasteiger charge is 2.30. The van der Waals surface area contributed by atoms with Gasteiger partial charge in [-0.05, 0) is 73.9 Å². The molecule has 1 fully saturated rings. The maximum absolute atomic E-state index is 5.33. The standard InChI is InChI=1S/C17H26BrNO/c1-12(2)10-19-11-14-5-4-13(14)8-15-9-16(20-3)6-7-17(15)18/h6-7,9,12-14,19H,4-5,8,10-11H2,1-3H3. The lowest BCUT2D eigenvalue weighted by Gasteiger charge is -2.37. The van der Waals surface area contributed by atoms with E-state index >= 15 is 0 Å². The van der Waals surface area contributed by atoms with Crippen LogP contribution in [0, 0.1) is 17.8 Å². The van der Waals surface area contributed by atoms with E-state index in [9.17, 15) is 0 Å². The lowest BCUT2D eigenvalue weighted by molar-refractivity contribution is 0.169. The molecule has 0 radical (unpaired) electrons. The van der Waals surface area contributed by atoms with E-state index in [0.717, 1.165) is 36.5 Å². The third kappa shape index (κ3) is 4.23. The van der Waals surface area contributed by atoms with Crippen molar-refractivity contribution in [2.24, 2.45) is 17.8 Å². The molecule has 0 heterocycles. The Morgan fingerprint density at radius 1 is 1.30 bits per heavy atom. The van der Waals surface area contributed by atoms with Crippen LogP contribution in [0.25, 0.3) is 0 Å². The summed E-state index contributed by atoms with van der Waals surface area (Å²) in [5.74, 6) is 3.35. The highest BCUT2D eigenvalue weighted by Crippen LogP contribution is 2.38. The van der Waals surface area contributed by atoms with Crippen molar-refractivity contribution in [3.8, 4) is 5.75 Å². The predicted molar refractivity (Wildman–Crippen MR) is 88.3 cm³/mol. The van der Waals surface area contributed by atoms with Crippen LogP contribution in [0.15, 0.2) is 22.7 Å². The molecule has 2 unspecified atom stereocenters. The number of halogens is 1. The lowest BCUT2D eigenvalue weighted by atomic mass is 9.70. The fourth-order valence-corrected chi connectivity index (χ4v) is 3.26. The molecule has 0 saturated heterocycles. The van der Waals surface area contributed by atoms with Crippen LogP contribution in [0.1, 0.15) is 32.3 Å². The average Bonchev–Trinajstić information content (AvgIpc) is 2.41. The SMILES string of the molecule is COc1ccc(Br)c(CC2CCC2CNCC(C)C)c1. The van der Waals surface area contributed by atoms with Crippen molar-refractivity contribution in [1.82, 2.24) is 5.32 Å². The summed E-state index contributed by atoms with van der Waals surface area (Å²) in [5.41, 5.74) is 1.38. The molecule has 1 aromatic rings. The van der Waals surface area contributed by atoms with Gasteiger partial charge in [0.1, 0.15) is 5.75 Å². The first-order valence-electron chi connectivity index (χ1n) is 7.63. The Balaban J connectivity index is 1.87. The van der Waals surface area contributed by atoms with E-state index in [2.05, 4.69) is 47.2 Å². The van der Waals surface area contributed by atoms with E-state index in [1.807, 2.05) is 6.07 Å². The van der Waals surface area contributed by atoms with Crippen molar-refractivity contribution < 1.29 is 4.74 Å². The van der Waals surface area contributed by atoms with Gasteiger partial charge in [-0.1, -0.05) is 29.8 Å². The molecule has 1 aliphatic rings. The average molecular weight is 340 g/mol. The molecule has 0 spiro atoms. The second-order valence-electron chi connectivity index (χ2n) is 6.31. The van der Waals surface area contributed by atoms with E-state index < -0.39 is 0 Å². The van der Waals surface area contributed by atoms with Crippen LogP contribution in [-0.4, -0.2) is 20.2 Å². The molecule has 1 aliphatic carbocycles. The summed E-state index contributed by atoms with van der Waals surface area (Å²) < 4.78 is 6.54. The van der Waals surface area contributed by atoms with Crippen LogP contribution < -0.4 is 10.1 Å². The normalized spacial score (nSPS) is 21.9. The molecule has 112 valence electrons. The van der Waals surface area contributed by atoms with Crippen molar-refractivity contribution >= 4 is 15.9 Å². The number of hydrogen-bond donors (Lipinski definition) is 1. The van der Waals surface area contributed by atoms with Gasteiger partial charge in [0.15, 0.2) is 0 Å². The van der Waals surface area contributed by atoms with E-state index in [1.165, 1.54) is 29.4 Å². The molecule has 0 bridgehead atoms. The van der Waals surface area contributed by atoms with Crippen LogP contribution >= 0.6 is 15.9 Å². The highest BCUT2D eigenvalue weighted by atomic mass is 79.9. The molecule has 1 aromatic carbocycles. The Morgan fingerprint density at radius 2 is 2.05 bits per heavy atom. The fourth-order valence-electron chi connectivity index (χ4n) is 2.85. The summed E-state index contributed by atoms with van der Waals surface area (Å²) in [7, 11) is 1.73. The van der Waals surface area contributed by atoms with Gasteiger partial charge in [-0.15, -0.1) is 0 Å². The predicted octanol–water partition coefficient (Wildman–Crippen LogP) is 4.27. The van der Waals surface area contributed by atoms with Crippen molar-refractivity contribution in [2.75, 3.05) is 20.2 Å². The van der Waals surface area contributed by atoms with Gasteiger partial charge < -0.3 is 10.1 Å². The molecule has 0 amide bonds. The Kier molecular flexibility index (Phi) is 5.91. The van der Waals surface area contributed by atoms with E-state index in [0.29, 0.717) is 0 Å². The largest absolute Gasteiger partial charge is 0.497 e. The molecule has 1 saturated carbocycles. The molecule has 0 aliphatic heterocycles. The van der Waals surface area contributed by atoms with Crippen molar-refractivity contribution in [1.29, 1.82) is 0 Å². The van der Waals surface area contributed by atoms with E-state index in [-0.39, 0.29) is 0 Å². The summed E-state index contributed by atoms with van der Waals surface area (Å²) in [6.07, 6.45) is 3.89. The lowest BCUT2D eigenvalue weighted by Crippen LogP contribution is -2.37. The first kappa shape index (κ1) is 15.8. The first-order chi connectivity index (χ1) is 9.60. The Labute approximate surface area is 131 Å². The summed E-state index contributed by atoms with van der Waals surface area (Å²) in [6, 6.07) is 6.27. The third-order valence-electron chi connectivity index (χ3n) is 4.27. The van der Waals surface area contributed by atoms with Gasteiger partial charge in [-0.3, -0.25) is 0 Å². The Hall–Kier alpha value is -0.540. The summed E-state index contributed by atoms with van der Waals surface area (Å²) in [6.45, 7) is 6.83. The number of hydrogen-bond acceptors (Lipinski definition) is 2. The first-order valence-corrected chi connectivity index (χ1v) is 8.42. The van der Waals surface area contributed by atoms with E-state index in [1.54, 1.807) is 7.11 Å². The number of nitrogens with one attached hydrogen (secondary N) is 1. The third-order valence-corrected chi connectivity index (χ3v) is 5.04. The van der Waals surface area contributed by atoms with Gasteiger partial charge >= 0.3 is 0 Å².